The van der Waals surface area contributed by atoms with Crippen LogP contribution in [0.25, 0.3) is 0 Å². The van der Waals surface area contributed by atoms with Gasteiger partial charge in [-0.3, -0.25) is 4.90 Å². The third-order valence-corrected chi connectivity index (χ3v) is 3.87. The van der Waals surface area contributed by atoms with Crippen molar-refractivity contribution in [3.8, 4) is 11.5 Å². The van der Waals surface area contributed by atoms with Crippen molar-refractivity contribution in [1.29, 1.82) is 0 Å². The van der Waals surface area contributed by atoms with Gasteiger partial charge in [-0.1, -0.05) is 19.9 Å². The maximum atomic E-state index is 10.0. The third kappa shape index (κ3) is 5.51. The Morgan fingerprint density at radius 1 is 1.23 bits per heavy atom. The SMILES string of the molecule is COc1ccc([C@H](CC(C)C)N2CCNCC2)cc1O.Cl.Cl. The smallest absolute Gasteiger partial charge is 0.160 e. The number of phenolic OH excluding ortho intramolecular Hbond substituents is 1. The van der Waals surface area contributed by atoms with Gasteiger partial charge in [-0.05, 0) is 30.0 Å². The number of halogens is 2. The number of methoxy groups -OCH3 is 1. The summed E-state index contributed by atoms with van der Waals surface area (Å²) in [4.78, 5) is 2.51. The Morgan fingerprint density at radius 2 is 1.86 bits per heavy atom. The van der Waals surface area contributed by atoms with Crippen LogP contribution in [-0.2, 0) is 0 Å². The zero-order valence-corrected chi connectivity index (χ0v) is 15.2. The molecule has 6 heteroatoms. The molecule has 1 aliphatic rings. The highest BCUT2D eigenvalue weighted by atomic mass is 35.5. The number of aromatic hydroxyl groups is 1. The number of hydrogen-bond acceptors (Lipinski definition) is 4. The Kier molecular flexibility index (Phi) is 9.85. The van der Waals surface area contributed by atoms with Crippen LogP contribution < -0.4 is 10.1 Å². The van der Waals surface area contributed by atoms with Gasteiger partial charge in [0.05, 0.1) is 7.11 Å². The quantitative estimate of drug-likeness (QED) is 0.855. The summed E-state index contributed by atoms with van der Waals surface area (Å²) in [5.74, 6) is 1.39. The Hall–Kier alpha value is -0.680. The number of benzene rings is 1. The second kappa shape index (κ2) is 10.2. The zero-order chi connectivity index (χ0) is 14.5. The highest BCUT2D eigenvalue weighted by Crippen LogP contribution is 2.34. The zero-order valence-electron chi connectivity index (χ0n) is 13.5. The van der Waals surface area contributed by atoms with Crippen LogP contribution in [-0.4, -0.2) is 43.3 Å². The van der Waals surface area contributed by atoms with Gasteiger partial charge in [-0.2, -0.15) is 0 Å². The molecule has 0 radical (unpaired) electrons. The molecule has 1 aromatic rings. The Morgan fingerprint density at radius 3 is 2.36 bits per heavy atom. The molecule has 1 aromatic carbocycles. The highest BCUT2D eigenvalue weighted by Gasteiger charge is 2.23. The number of piperazine rings is 1. The van der Waals surface area contributed by atoms with Crippen LogP contribution >= 0.6 is 24.8 Å². The van der Waals surface area contributed by atoms with Gasteiger partial charge in [0.25, 0.3) is 0 Å². The van der Waals surface area contributed by atoms with E-state index in [0.29, 0.717) is 17.7 Å². The van der Waals surface area contributed by atoms with E-state index in [9.17, 15) is 5.11 Å². The maximum Gasteiger partial charge on any atom is 0.160 e. The van der Waals surface area contributed by atoms with Crippen LogP contribution in [0.15, 0.2) is 18.2 Å². The summed E-state index contributed by atoms with van der Waals surface area (Å²) in [6.45, 7) is 8.69. The molecule has 0 spiro atoms. The molecule has 0 aliphatic carbocycles. The van der Waals surface area contributed by atoms with Crippen LogP contribution in [0.4, 0.5) is 0 Å². The minimum atomic E-state index is 0. The van der Waals surface area contributed by atoms with Gasteiger partial charge >= 0.3 is 0 Å². The minimum absolute atomic E-state index is 0. The lowest BCUT2D eigenvalue weighted by molar-refractivity contribution is 0.154. The second-order valence-electron chi connectivity index (χ2n) is 5.86. The lowest BCUT2D eigenvalue weighted by Gasteiger charge is -2.36. The molecule has 2 rings (SSSR count). The molecule has 2 N–H and O–H groups in total. The largest absolute Gasteiger partial charge is 0.504 e. The minimum Gasteiger partial charge on any atom is -0.504 e. The number of hydrogen-bond donors (Lipinski definition) is 2. The first-order valence-electron chi connectivity index (χ1n) is 7.43. The van der Waals surface area contributed by atoms with Gasteiger partial charge in [-0.25, -0.2) is 0 Å². The van der Waals surface area contributed by atoms with Crippen LogP contribution in [0.5, 0.6) is 11.5 Å². The first-order chi connectivity index (χ1) is 9.61. The van der Waals surface area contributed by atoms with Crippen LogP contribution in [0.3, 0.4) is 0 Å². The summed E-state index contributed by atoms with van der Waals surface area (Å²) < 4.78 is 5.13. The van der Waals surface area contributed by atoms with E-state index in [0.717, 1.165) is 32.6 Å². The lowest BCUT2D eigenvalue weighted by Crippen LogP contribution is -2.45. The van der Waals surface area contributed by atoms with E-state index in [-0.39, 0.29) is 30.6 Å². The van der Waals surface area contributed by atoms with Crippen molar-refractivity contribution >= 4 is 24.8 Å². The van der Waals surface area contributed by atoms with Crippen molar-refractivity contribution in [2.75, 3.05) is 33.3 Å². The summed E-state index contributed by atoms with van der Waals surface area (Å²) in [6.07, 6.45) is 1.10. The molecule has 1 heterocycles. The molecule has 128 valence electrons. The molecule has 4 nitrogen and oxygen atoms in total. The van der Waals surface area contributed by atoms with E-state index < -0.39 is 0 Å². The topological polar surface area (TPSA) is 44.7 Å². The van der Waals surface area contributed by atoms with E-state index in [4.69, 9.17) is 4.74 Å². The molecular formula is C16H28Cl2N2O2. The summed E-state index contributed by atoms with van der Waals surface area (Å²) in [5, 5.41) is 13.4. The van der Waals surface area contributed by atoms with Gasteiger partial charge in [0.2, 0.25) is 0 Å². The Labute approximate surface area is 146 Å². The molecule has 0 bridgehead atoms. The fourth-order valence-electron chi connectivity index (χ4n) is 2.85. The highest BCUT2D eigenvalue weighted by molar-refractivity contribution is 5.85. The molecular weight excluding hydrogens is 323 g/mol. The van der Waals surface area contributed by atoms with E-state index in [2.05, 4.69) is 30.1 Å². The van der Waals surface area contributed by atoms with Gasteiger partial charge in [-0.15, -0.1) is 24.8 Å². The fraction of sp³-hybridized carbons (Fsp3) is 0.625. The molecule has 1 fully saturated rings. The number of nitrogens with one attached hydrogen (secondary N) is 1. The maximum absolute atomic E-state index is 10.0. The first-order valence-corrected chi connectivity index (χ1v) is 7.43. The van der Waals surface area contributed by atoms with Crippen molar-refractivity contribution in [2.45, 2.75) is 26.3 Å². The normalized spacial score (nSPS) is 16.5. The molecule has 0 aromatic heterocycles. The third-order valence-electron chi connectivity index (χ3n) is 3.87. The number of phenols is 1. The molecule has 0 amide bonds. The Bertz CT molecular complexity index is 438. The van der Waals surface area contributed by atoms with Gasteiger partial charge in [0.1, 0.15) is 0 Å². The van der Waals surface area contributed by atoms with Crippen molar-refractivity contribution in [3.63, 3.8) is 0 Å². The van der Waals surface area contributed by atoms with Crippen LogP contribution in [0.1, 0.15) is 31.9 Å². The van der Waals surface area contributed by atoms with E-state index in [1.54, 1.807) is 7.11 Å². The molecule has 1 saturated heterocycles. The van der Waals surface area contributed by atoms with Gasteiger partial charge in [0, 0.05) is 32.2 Å². The lowest BCUT2D eigenvalue weighted by atomic mass is 9.94. The summed E-state index contributed by atoms with van der Waals surface area (Å²) in [7, 11) is 1.58. The van der Waals surface area contributed by atoms with E-state index in [1.807, 2.05) is 12.1 Å². The fourth-order valence-corrected chi connectivity index (χ4v) is 2.85. The summed E-state index contributed by atoms with van der Waals surface area (Å²) >= 11 is 0. The van der Waals surface area contributed by atoms with Gasteiger partial charge < -0.3 is 15.2 Å². The molecule has 0 unspecified atom stereocenters. The number of rotatable bonds is 5. The van der Waals surface area contributed by atoms with E-state index >= 15 is 0 Å². The average molecular weight is 351 g/mol. The molecule has 0 saturated carbocycles. The molecule has 22 heavy (non-hydrogen) atoms. The van der Waals surface area contributed by atoms with Crippen molar-refractivity contribution in [3.05, 3.63) is 23.8 Å². The van der Waals surface area contributed by atoms with Gasteiger partial charge in [0.15, 0.2) is 11.5 Å². The van der Waals surface area contributed by atoms with Crippen molar-refractivity contribution in [2.24, 2.45) is 5.92 Å². The van der Waals surface area contributed by atoms with Crippen LogP contribution in [0.2, 0.25) is 0 Å². The summed E-state index contributed by atoms with van der Waals surface area (Å²) in [6, 6.07) is 6.16. The molecule has 1 atom stereocenters. The monoisotopic (exact) mass is 350 g/mol. The summed E-state index contributed by atoms with van der Waals surface area (Å²) in [5.41, 5.74) is 1.18. The van der Waals surface area contributed by atoms with Crippen LogP contribution in [0, 0.1) is 5.92 Å². The second-order valence-corrected chi connectivity index (χ2v) is 5.86. The Balaban J connectivity index is 0.00000220. The predicted octanol–water partition coefficient (Wildman–Crippen LogP) is 3.24. The standard InChI is InChI=1S/C16H26N2O2.2ClH/c1-12(2)10-14(18-8-6-17-7-9-18)13-4-5-16(20-3)15(19)11-13;;/h4-5,11-12,14,17,19H,6-10H2,1-3H3;2*1H/t14-;;/m0../s1. The van der Waals surface area contributed by atoms with E-state index in [1.165, 1.54) is 5.56 Å². The average Bonchev–Trinajstić information content (AvgIpc) is 2.45. The van der Waals surface area contributed by atoms with Crippen molar-refractivity contribution in [1.82, 2.24) is 10.2 Å². The first kappa shape index (κ1) is 21.3. The predicted molar refractivity (Wildman–Crippen MR) is 95.8 cm³/mol. The molecule has 1 aliphatic heterocycles. The number of nitrogens with zero attached hydrogens (tertiary/aromatic N) is 1. The van der Waals surface area contributed by atoms with Crippen molar-refractivity contribution < 1.29 is 9.84 Å². The number of ether oxygens (including phenoxy) is 1.